The zero-order chi connectivity index (χ0) is 27.1. The summed E-state index contributed by atoms with van der Waals surface area (Å²) in [4.78, 5) is 32.2. The lowest BCUT2D eigenvalue weighted by atomic mass is 10.1. The number of aryl methyl sites for hydroxylation is 2. The Bertz CT molecular complexity index is 1510. The summed E-state index contributed by atoms with van der Waals surface area (Å²) in [6.07, 6.45) is 0.594. The van der Waals surface area contributed by atoms with E-state index in [9.17, 15) is 23.8 Å². The topological polar surface area (TPSA) is 124 Å². The Hall–Kier alpha value is -3.61. The minimum absolute atomic E-state index is 0.119. The lowest BCUT2D eigenvalue weighted by Gasteiger charge is -2.23. The minimum Gasteiger partial charge on any atom is -0.396 e. The van der Waals surface area contributed by atoms with Crippen LogP contribution in [0.15, 0.2) is 30.5 Å². The first-order chi connectivity index (χ1) is 18.2. The van der Waals surface area contributed by atoms with Crippen LogP contribution in [0.4, 0.5) is 20.5 Å². The first kappa shape index (κ1) is 26.0. The molecule has 0 aliphatic heterocycles. The summed E-state index contributed by atoms with van der Waals surface area (Å²) in [7, 11) is 1.62. The van der Waals surface area contributed by atoms with Crippen LogP contribution in [0.2, 0.25) is 0 Å². The van der Waals surface area contributed by atoms with E-state index in [-0.39, 0.29) is 31.1 Å². The number of Topliss-reactive ketones (excluding diaryl/α,β-unsaturated/α-hetero) is 1. The van der Waals surface area contributed by atoms with Crippen LogP contribution in [-0.2, 0) is 11.3 Å². The van der Waals surface area contributed by atoms with Crippen LogP contribution in [0.1, 0.15) is 23.4 Å². The molecule has 3 heterocycles. The molecule has 1 saturated carbocycles. The molecule has 198 valence electrons. The number of rotatable bonds is 7. The summed E-state index contributed by atoms with van der Waals surface area (Å²) in [6.45, 7) is 3.15. The van der Waals surface area contributed by atoms with Gasteiger partial charge in [-0.25, -0.2) is 18.7 Å². The molecule has 0 saturated heterocycles. The van der Waals surface area contributed by atoms with Gasteiger partial charge in [0.25, 0.3) is 0 Å². The van der Waals surface area contributed by atoms with Gasteiger partial charge in [0.15, 0.2) is 5.78 Å². The molecule has 1 aliphatic rings. The molecule has 3 N–H and O–H groups in total. The van der Waals surface area contributed by atoms with E-state index < -0.39 is 35.5 Å². The van der Waals surface area contributed by atoms with E-state index in [4.69, 9.17) is 4.98 Å². The average molecular weight is 541 g/mol. The van der Waals surface area contributed by atoms with Crippen LogP contribution in [-0.4, -0.2) is 61.7 Å². The second-order valence-electron chi connectivity index (χ2n) is 9.36. The van der Waals surface area contributed by atoms with Gasteiger partial charge in [-0.15, -0.1) is 11.3 Å². The highest BCUT2D eigenvalue weighted by atomic mass is 32.1. The maximum atomic E-state index is 14.3. The number of carbonyl (C=O) groups excluding carboxylic acids is 1. The number of pyridine rings is 1. The third kappa shape index (κ3) is 4.70. The lowest BCUT2D eigenvalue weighted by Crippen LogP contribution is -2.33. The Morgan fingerprint density at radius 1 is 1.13 bits per heavy atom. The minimum atomic E-state index is -1.33. The van der Waals surface area contributed by atoms with Crippen molar-refractivity contribution in [3.8, 4) is 10.6 Å². The smallest absolute Gasteiger partial charge is 0.227 e. The fraction of sp³-hybridized carbons (Fsp3) is 0.346. The number of benzene rings is 1. The number of hydrogen-bond donors (Lipinski definition) is 3. The summed E-state index contributed by atoms with van der Waals surface area (Å²) >= 11 is 1.42. The highest BCUT2D eigenvalue weighted by Gasteiger charge is 2.41. The molecule has 4 aromatic rings. The van der Waals surface area contributed by atoms with Crippen LogP contribution in [0, 0.1) is 31.4 Å². The number of nitrogens with one attached hydrogen (secondary N) is 1. The number of aromatic nitrogens is 4. The Labute approximate surface area is 221 Å². The molecule has 1 aliphatic carbocycles. The number of aliphatic hydroxyl groups is 2. The Balaban J connectivity index is 1.58. The van der Waals surface area contributed by atoms with Gasteiger partial charge in [-0.2, -0.15) is 4.98 Å². The molecule has 0 amide bonds. The van der Waals surface area contributed by atoms with Crippen molar-refractivity contribution >= 4 is 39.1 Å². The molecule has 3 aromatic heterocycles. The first-order valence-corrected chi connectivity index (χ1v) is 12.8. The zero-order valence-electron chi connectivity index (χ0n) is 20.9. The number of carbonyl (C=O) groups is 1. The fourth-order valence-corrected chi connectivity index (χ4v) is 5.75. The number of nitrogens with zero attached hydrogens (tertiary/aromatic N) is 5. The molecule has 0 radical (unpaired) electrons. The lowest BCUT2D eigenvalue weighted by molar-refractivity contribution is -0.128. The number of hydrogen-bond acceptors (Lipinski definition) is 10. The molecule has 1 fully saturated rings. The van der Waals surface area contributed by atoms with Crippen LogP contribution >= 0.6 is 11.3 Å². The molecule has 3 atom stereocenters. The predicted molar refractivity (Wildman–Crippen MR) is 140 cm³/mol. The van der Waals surface area contributed by atoms with Gasteiger partial charge in [0.2, 0.25) is 5.95 Å². The van der Waals surface area contributed by atoms with Crippen molar-refractivity contribution in [1.82, 2.24) is 19.9 Å². The normalized spacial score (nSPS) is 19.3. The monoisotopic (exact) mass is 540 g/mol. The second kappa shape index (κ2) is 10.3. The van der Waals surface area contributed by atoms with Crippen molar-refractivity contribution in [2.24, 2.45) is 5.92 Å². The van der Waals surface area contributed by atoms with Gasteiger partial charge in [0.05, 0.1) is 40.8 Å². The van der Waals surface area contributed by atoms with Crippen LogP contribution in [0.3, 0.4) is 0 Å². The van der Waals surface area contributed by atoms with Crippen molar-refractivity contribution in [2.45, 2.75) is 39.0 Å². The third-order valence-electron chi connectivity index (χ3n) is 6.74. The van der Waals surface area contributed by atoms with E-state index in [1.54, 1.807) is 20.2 Å². The Morgan fingerprint density at radius 2 is 1.87 bits per heavy atom. The average Bonchev–Trinajstić information content (AvgIpc) is 3.43. The van der Waals surface area contributed by atoms with Crippen LogP contribution < -0.4 is 10.2 Å². The van der Waals surface area contributed by atoms with Crippen molar-refractivity contribution in [1.29, 1.82) is 0 Å². The number of anilines is 2. The van der Waals surface area contributed by atoms with Crippen LogP contribution in [0.25, 0.3) is 20.8 Å². The van der Waals surface area contributed by atoms with Crippen molar-refractivity contribution in [3.05, 3.63) is 59.0 Å². The second-order valence-corrected chi connectivity index (χ2v) is 10.4. The molecule has 38 heavy (non-hydrogen) atoms. The molecule has 9 nitrogen and oxygen atoms in total. The maximum absolute atomic E-state index is 14.3. The summed E-state index contributed by atoms with van der Waals surface area (Å²) < 4.78 is 29.5. The van der Waals surface area contributed by atoms with E-state index in [0.29, 0.717) is 22.1 Å². The van der Waals surface area contributed by atoms with Gasteiger partial charge in [-0.05, 0) is 38.5 Å². The standard InChI is InChI=1S/C26H26F2N6O3S/c1-12-20(25-32-21-13(2)29-8-7-19(21)38-25)24(31-18-9-14(11-35)22(36)23(18)37)33-26(30-12)34(3)10-15-16(27)5-4-6-17(15)28/h4-8,14,18,23,35,37H,9-11H2,1-3H3,(H,30,31,33). The van der Waals surface area contributed by atoms with Crippen molar-refractivity contribution in [2.75, 3.05) is 23.9 Å². The van der Waals surface area contributed by atoms with E-state index in [0.717, 1.165) is 15.9 Å². The van der Waals surface area contributed by atoms with E-state index in [1.165, 1.54) is 34.4 Å². The van der Waals surface area contributed by atoms with Crippen LogP contribution in [0.5, 0.6) is 0 Å². The third-order valence-corrected chi connectivity index (χ3v) is 7.77. The number of aliphatic hydroxyl groups excluding tert-OH is 2. The summed E-state index contributed by atoms with van der Waals surface area (Å²) in [6, 6.07) is 4.84. The molecule has 1 aromatic carbocycles. The SMILES string of the molecule is Cc1nc(N(C)Cc2c(F)cccc2F)nc(NC2CC(CO)C(=O)C2O)c1-c1nc2c(C)nccc2s1. The van der Waals surface area contributed by atoms with E-state index in [1.807, 2.05) is 13.0 Å². The van der Waals surface area contributed by atoms with Gasteiger partial charge in [-0.1, -0.05) is 6.07 Å². The number of fused-ring (bicyclic) bond motifs is 1. The zero-order valence-corrected chi connectivity index (χ0v) is 21.8. The molecule has 0 spiro atoms. The number of ketones is 1. The van der Waals surface area contributed by atoms with E-state index in [2.05, 4.69) is 20.3 Å². The van der Waals surface area contributed by atoms with Gasteiger partial charge in [-0.3, -0.25) is 9.78 Å². The predicted octanol–water partition coefficient (Wildman–Crippen LogP) is 3.40. The highest BCUT2D eigenvalue weighted by Crippen LogP contribution is 2.38. The van der Waals surface area contributed by atoms with Crippen molar-refractivity contribution < 1.29 is 23.8 Å². The molecule has 3 unspecified atom stereocenters. The summed E-state index contributed by atoms with van der Waals surface area (Å²) in [5, 5.41) is 23.9. The number of thiazole rings is 1. The Morgan fingerprint density at radius 3 is 2.53 bits per heavy atom. The summed E-state index contributed by atoms with van der Waals surface area (Å²) in [5.41, 5.74) is 2.51. The fourth-order valence-electron chi connectivity index (χ4n) is 4.64. The highest BCUT2D eigenvalue weighted by molar-refractivity contribution is 7.21. The first-order valence-electron chi connectivity index (χ1n) is 12.0. The summed E-state index contributed by atoms with van der Waals surface area (Å²) in [5.74, 6) is -1.97. The largest absolute Gasteiger partial charge is 0.396 e. The molecule has 5 rings (SSSR count). The quantitative estimate of drug-likeness (QED) is 0.324. The molecule has 12 heteroatoms. The van der Waals surface area contributed by atoms with Gasteiger partial charge >= 0.3 is 0 Å². The van der Waals surface area contributed by atoms with Gasteiger partial charge in [0.1, 0.15) is 34.1 Å². The molecule has 0 bridgehead atoms. The Kier molecular flexibility index (Phi) is 7.03. The van der Waals surface area contributed by atoms with Crippen molar-refractivity contribution in [3.63, 3.8) is 0 Å². The molecular formula is C26H26F2N6O3S. The van der Waals surface area contributed by atoms with Gasteiger partial charge in [0, 0.05) is 24.7 Å². The molecular weight excluding hydrogens is 514 g/mol. The number of halogens is 2. The van der Waals surface area contributed by atoms with E-state index >= 15 is 0 Å². The maximum Gasteiger partial charge on any atom is 0.227 e. The van der Waals surface area contributed by atoms with Gasteiger partial charge < -0.3 is 20.4 Å².